The minimum absolute atomic E-state index is 0.0459. The minimum atomic E-state index is -4.26. The molecule has 0 spiro atoms. The number of nitrogens with two attached hydrogens (primary N) is 1. The van der Waals surface area contributed by atoms with Crippen molar-refractivity contribution in [2.24, 2.45) is 5.84 Å². The first-order valence-electron chi connectivity index (χ1n) is 8.66. The number of halogens is 4. The van der Waals surface area contributed by atoms with Crippen molar-refractivity contribution in [1.82, 2.24) is 20.2 Å². The first-order valence-corrected chi connectivity index (χ1v) is 8.66. The summed E-state index contributed by atoms with van der Waals surface area (Å²) >= 11 is 0. The molecule has 3 rings (SSSR count). The number of anilines is 1. The molecule has 2 amide bonds. The molecule has 5 N–H and O–H groups in total. The van der Waals surface area contributed by atoms with E-state index in [4.69, 9.17) is 10.6 Å². The summed E-state index contributed by atoms with van der Waals surface area (Å²) in [5.41, 5.74) is 2.63. The van der Waals surface area contributed by atoms with Gasteiger partial charge >= 0.3 is 24.1 Å². The van der Waals surface area contributed by atoms with Gasteiger partial charge in [0.25, 0.3) is 0 Å². The van der Waals surface area contributed by atoms with Crippen LogP contribution in [0.4, 0.5) is 28.0 Å². The molecule has 3 aromatic rings. The molecule has 9 nitrogen and oxygen atoms in total. The summed E-state index contributed by atoms with van der Waals surface area (Å²) in [6.07, 6.45) is -3.83. The normalized spacial score (nSPS) is 11.4. The van der Waals surface area contributed by atoms with Crippen molar-refractivity contribution in [1.29, 1.82) is 0 Å². The van der Waals surface area contributed by atoms with Crippen LogP contribution in [-0.4, -0.2) is 39.8 Å². The topological polar surface area (TPSA) is 127 Å². The van der Waals surface area contributed by atoms with Crippen molar-refractivity contribution < 1.29 is 27.1 Å². The molecule has 164 valence electrons. The van der Waals surface area contributed by atoms with E-state index in [0.29, 0.717) is 16.9 Å². The Morgan fingerprint density at radius 2 is 1.81 bits per heavy atom. The fourth-order valence-corrected chi connectivity index (χ4v) is 2.43. The highest BCUT2D eigenvalue weighted by atomic mass is 19.3. The number of H-pyrrole nitrogens is 1. The van der Waals surface area contributed by atoms with Crippen LogP contribution in [0.2, 0.25) is 0 Å². The van der Waals surface area contributed by atoms with Crippen LogP contribution in [-0.2, 0) is 0 Å². The van der Waals surface area contributed by atoms with E-state index in [1.54, 1.807) is 0 Å². The fourth-order valence-electron chi connectivity index (χ4n) is 2.43. The zero-order valence-electron chi connectivity index (χ0n) is 15.6. The highest BCUT2D eigenvalue weighted by Crippen LogP contribution is 2.25. The number of urea groups is 1. The Balaban J connectivity index is 1.73. The number of hydrogen-bond donors (Lipinski definition) is 4. The van der Waals surface area contributed by atoms with Gasteiger partial charge in [0.15, 0.2) is 12.4 Å². The van der Waals surface area contributed by atoms with E-state index in [2.05, 4.69) is 15.4 Å². The number of aromatic amines is 1. The summed E-state index contributed by atoms with van der Waals surface area (Å²) in [7, 11) is 0. The summed E-state index contributed by atoms with van der Waals surface area (Å²) in [5.74, 6) is 0.855. The summed E-state index contributed by atoms with van der Waals surface area (Å²) in [5, 5.41) is 6.62. The van der Waals surface area contributed by atoms with E-state index in [-0.39, 0.29) is 11.6 Å². The Bertz CT molecular complexity index is 1100. The van der Waals surface area contributed by atoms with Gasteiger partial charge in [0.1, 0.15) is 5.75 Å². The molecule has 0 fully saturated rings. The Morgan fingerprint density at radius 1 is 1.16 bits per heavy atom. The van der Waals surface area contributed by atoms with Crippen LogP contribution in [0, 0.1) is 0 Å². The number of rotatable bonds is 7. The van der Waals surface area contributed by atoms with E-state index in [0.717, 1.165) is 4.68 Å². The highest BCUT2D eigenvalue weighted by molar-refractivity contribution is 5.88. The molecule has 0 atom stereocenters. The average Bonchev–Trinajstić information content (AvgIpc) is 3.14. The highest BCUT2D eigenvalue weighted by Gasteiger charge is 2.41. The smallest absolute Gasteiger partial charge is 0.348 e. The van der Waals surface area contributed by atoms with E-state index in [1.807, 2.05) is 5.43 Å². The van der Waals surface area contributed by atoms with Crippen LogP contribution < -0.4 is 27.0 Å². The molecule has 1 aromatic heterocycles. The number of ether oxygens (including phenoxy) is 1. The van der Waals surface area contributed by atoms with Crippen LogP contribution in [0.15, 0.2) is 53.3 Å². The van der Waals surface area contributed by atoms with Crippen molar-refractivity contribution in [2.45, 2.75) is 12.3 Å². The van der Waals surface area contributed by atoms with Crippen LogP contribution >= 0.6 is 0 Å². The van der Waals surface area contributed by atoms with E-state index < -0.39 is 30.7 Å². The van der Waals surface area contributed by atoms with Crippen molar-refractivity contribution in [3.63, 3.8) is 0 Å². The van der Waals surface area contributed by atoms with Crippen molar-refractivity contribution in [3.8, 4) is 22.8 Å². The van der Waals surface area contributed by atoms with Crippen LogP contribution in [0.5, 0.6) is 5.75 Å². The van der Waals surface area contributed by atoms with Gasteiger partial charge in [0.05, 0.1) is 5.69 Å². The number of alkyl halides is 4. The molecule has 31 heavy (non-hydrogen) atoms. The van der Waals surface area contributed by atoms with Crippen molar-refractivity contribution >= 4 is 11.7 Å². The maximum absolute atomic E-state index is 12.9. The van der Waals surface area contributed by atoms with Gasteiger partial charge < -0.3 is 10.1 Å². The van der Waals surface area contributed by atoms with Gasteiger partial charge in [-0.05, 0) is 48.5 Å². The van der Waals surface area contributed by atoms with Gasteiger partial charge in [-0.1, -0.05) is 0 Å². The molecule has 0 saturated heterocycles. The third kappa shape index (κ3) is 5.19. The van der Waals surface area contributed by atoms with Crippen molar-refractivity contribution in [3.05, 3.63) is 59.0 Å². The Labute approximate surface area is 171 Å². The number of nitrogens with zero attached hydrogens (tertiary/aromatic N) is 2. The molecule has 0 radical (unpaired) electrons. The van der Waals surface area contributed by atoms with Gasteiger partial charge in [0, 0.05) is 11.3 Å². The third-order valence-corrected chi connectivity index (χ3v) is 4.00. The lowest BCUT2D eigenvalue weighted by Crippen LogP contribution is -2.34. The Kier molecular flexibility index (Phi) is 6.25. The molecular weight excluding hydrogens is 424 g/mol. The molecule has 0 saturated carbocycles. The second-order valence-corrected chi connectivity index (χ2v) is 6.21. The molecular formula is C18H16F4N6O3. The standard InChI is InChI=1S/C18H16F4N6O3/c19-15(20)18(21,22)9-31-13-7-1-10(2-8-13)14-25-17(30)28(27-14)12-5-3-11(4-6-12)24-16(29)26-23/h1-8,15H,9,23H2,(H2,24,26,29)(H,25,27,30). The fraction of sp³-hybridized carbons (Fsp3) is 0.167. The maximum atomic E-state index is 12.9. The van der Waals surface area contributed by atoms with Gasteiger partial charge in [-0.2, -0.15) is 13.5 Å². The number of hydrogen-bond acceptors (Lipinski definition) is 5. The average molecular weight is 440 g/mol. The van der Waals surface area contributed by atoms with Gasteiger partial charge in [-0.15, -0.1) is 5.10 Å². The lowest BCUT2D eigenvalue weighted by atomic mass is 10.2. The van der Waals surface area contributed by atoms with Gasteiger partial charge in [-0.3, -0.25) is 10.4 Å². The maximum Gasteiger partial charge on any atom is 0.348 e. The first-order chi connectivity index (χ1) is 14.7. The third-order valence-electron chi connectivity index (χ3n) is 4.00. The van der Waals surface area contributed by atoms with Crippen LogP contribution in [0.3, 0.4) is 0 Å². The Hall–Kier alpha value is -3.87. The quantitative estimate of drug-likeness (QED) is 0.194. The number of aromatic nitrogens is 3. The number of amides is 2. The molecule has 1 heterocycles. The zero-order valence-corrected chi connectivity index (χ0v) is 15.6. The molecule has 0 unspecified atom stereocenters. The SMILES string of the molecule is NNC(=O)Nc1ccc(-n2nc(-c3ccc(OCC(F)(F)C(F)F)cc3)[nH]c2=O)cc1. The van der Waals surface area contributed by atoms with Crippen molar-refractivity contribution in [2.75, 3.05) is 11.9 Å². The minimum Gasteiger partial charge on any atom is -0.487 e. The molecule has 13 heteroatoms. The summed E-state index contributed by atoms with van der Waals surface area (Å²) in [4.78, 5) is 26.0. The summed E-state index contributed by atoms with van der Waals surface area (Å²) in [6, 6.07) is 11.0. The van der Waals surface area contributed by atoms with Gasteiger partial charge in [-0.25, -0.2) is 24.2 Å². The summed E-state index contributed by atoms with van der Waals surface area (Å²) < 4.78 is 56.0. The van der Waals surface area contributed by atoms with Crippen LogP contribution in [0.1, 0.15) is 0 Å². The largest absolute Gasteiger partial charge is 0.487 e. The van der Waals surface area contributed by atoms with E-state index in [9.17, 15) is 27.2 Å². The predicted molar refractivity (Wildman–Crippen MR) is 102 cm³/mol. The Morgan fingerprint density at radius 3 is 2.39 bits per heavy atom. The summed E-state index contributed by atoms with van der Waals surface area (Å²) in [6.45, 7) is -1.47. The number of carbonyl (C=O) groups is 1. The number of benzene rings is 2. The second-order valence-electron chi connectivity index (χ2n) is 6.21. The lowest BCUT2D eigenvalue weighted by Gasteiger charge is -2.15. The molecule has 2 aromatic carbocycles. The molecule has 0 bridgehead atoms. The molecule has 0 aliphatic heterocycles. The first kappa shape index (κ1) is 21.8. The van der Waals surface area contributed by atoms with Crippen LogP contribution in [0.25, 0.3) is 17.1 Å². The number of carbonyl (C=O) groups excluding carboxylic acids is 1. The number of hydrazine groups is 1. The predicted octanol–water partition coefficient (Wildman–Crippen LogP) is 2.50. The van der Waals surface area contributed by atoms with E-state index >= 15 is 0 Å². The monoisotopic (exact) mass is 440 g/mol. The van der Waals surface area contributed by atoms with E-state index in [1.165, 1.54) is 48.5 Å². The zero-order chi connectivity index (χ0) is 22.6. The van der Waals surface area contributed by atoms with Gasteiger partial charge in [0.2, 0.25) is 0 Å². The number of nitrogens with one attached hydrogen (secondary N) is 3. The molecule has 0 aliphatic carbocycles. The molecule has 0 aliphatic rings. The lowest BCUT2D eigenvalue weighted by molar-refractivity contribution is -0.148. The second kappa shape index (κ2) is 8.87.